The molecule has 0 bridgehead atoms. The maximum Gasteiger partial charge on any atom is 0.179 e. The molecule has 6 heteroatoms. The Labute approximate surface area is 143 Å². The van der Waals surface area contributed by atoms with Crippen molar-refractivity contribution in [2.45, 2.75) is 20.4 Å². The lowest BCUT2D eigenvalue weighted by Gasteiger charge is -2.26. The molecule has 130 valence electrons. The van der Waals surface area contributed by atoms with Crippen molar-refractivity contribution in [2.24, 2.45) is 0 Å². The van der Waals surface area contributed by atoms with Gasteiger partial charge in [0.15, 0.2) is 11.5 Å². The van der Waals surface area contributed by atoms with Gasteiger partial charge in [0, 0.05) is 32.7 Å². The van der Waals surface area contributed by atoms with Gasteiger partial charge in [-0.1, -0.05) is 11.6 Å². The number of hydrogen-bond acceptors (Lipinski definition) is 5. The molecule has 0 radical (unpaired) electrons. The molecule has 1 aromatic rings. The molecule has 0 atom stereocenters. The van der Waals surface area contributed by atoms with Gasteiger partial charge in [-0.15, -0.1) is 0 Å². The van der Waals surface area contributed by atoms with E-state index in [4.69, 9.17) is 25.8 Å². The van der Waals surface area contributed by atoms with Crippen LogP contribution in [0.3, 0.4) is 0 Å². The van der Waals surface area contributed by atoms with Crippen LogP contribution in [-0.2, 0) is 11.3 Å². The molecule has 0 unspecified atom stereocenters. The Morgan fingerprint density at radius 3 is 2.61 bits per heavy atom. The number of rotatable bonds is 9. The van der Waals surface area contributed by atoms with Crippen molar-refractivity contribution in [3.05, 3.63) is 22.7 Å². The van der Waals surface area contributed by atoms with E-state index >= 15 is 0 Å². The second-order valence-corrected chi connectivity index (χ2v) is 5.81. The van der Waals surface area contributed by atoms with Gasteiger partial charge in [-0.3, -0.25) is 4.90 Å². The highest BCUT2D eigenvalue weighted by atomic mass is 35.5. The second kappa shape index (κ2) is 9.98. The van der Waals surface area contributed by atoms with Gasteiger partial charge in [0.25, 0.3) is 0 Å². The van der Waals surface area contributed by atoms with E-state index in [0.29, 0.717) is 29.7 Å². The first kappa shape index (κ1) is 18.3. The molecule has 23 heavy (non-hydrogen) atoms. The Kier molecular flexibility index (Phi) is 7.95. The summed E-state index contributed by atoms with van der Waals surface area (Å²) < 4.78 is 16.6. The summed E-state index contributed by atoms with van der Waals surface area (Å²) in [5, 5.41) is 4.06. The molecule has 0 aromatic heterocycles. The summed E-state index contributed by atoms with van der Waals surface area (Å²) in [6, 6.07) is 3.94. The van der Waals surface area contributed by atoms with Crippen molar-refractivity contribution in [1.82, 2.24) is 10.2 Å². The third kappa shape index (κ3) is 5.84. The van der Waals surface area contributed by atoms with Crippen molar-refractivity contribution < 1.29 is 14.2 Å². The Morgan fingerprint density at radius 2 is 1.91 bits per heavy atom. The molecule has 0 amide bonds. The van der Waals surface area contributed by atoms with Crippen molar-refractivity contribution >= 4 is 11.6 Å². The predicted molar refractivity (Wildman–Crippen MR) is 92.8 cm³/mol. The summed E-state index contributed by atoms with van der Waals surface area (Å²) in [4.78, 5) is 2.41. The van der Waals surface area contributed by atoms with Crippen LogP contribution < -0.4 is 14.8 Å². The molecule has 1 N–H and O–H groups in total. The molecule has 1 aliphatic heterocycles. The summed E-state index contributed by atoms with van der Waals surface area (Å²) >= 11 is 6.33. The number of halogens is 1. The quantitative estimate of drug-likeness (QED) is 0.699. The van der Waals surface area contributed by atoms with Crippen LogP contribution in [0.1, 0.15) is 19.4 Å². The average molecular weight is 343 g/mol. The first-order chi connectivity index (χ1) is 11.2. The van der Waals surface area contributed by atoms with Crippen molar-refractivity contribution in [2.75, 3.05) is 52.6 Å². The summed E-state index contributed by atoms with van der Waals surface area (Å²) in [5.41, 5.74) is 1.10. The lowest BCUT2D eigenvalue weighted by Crippen LogP contribution is -2.40. The minimum absolute atomic E-state index is 0.566. The van der Waals surface area contributed by atoms with Crippen LogP contribution in [0.25, 0.3) is 0 Å². The normalized spacial score (nSPS) is 15.6. The molecular weight excluding hydrogens is 316 g/mol. The topological polar surface area (TPSA) is 43.0 Å². The Bertz CT molecular complexity index is 479. The zero-order valence-corrected chi connectivity index (χ0v) is 14.8. The van der Waals surface area contributed by atoms with Gasteiger partial charge >= 0.3 is 0 Å². The lowest BCUT2D eigenvalue weighted by molar-refractivity contribution is 0.0384. The SMILES string of the molecule is CCOc1cc(CNCCN2CCOCC2)cc(Cl)c1OCC. The maximum absolute atomic E-state index is 6.33. The highest BCUT2D eigenvalue weighted by Gasteiger charge is 2.13. The average Bonchev–Trinajstić information content (AvgIpc) is 2.56. The predicted octanol–water partition coefficient (Wildman–Crippen LogP) is 2.56. The van der Waals surface area contributed by atoms with E-state index in [1.807, 2.05) is 26.0 Å². The van der Waals surface area contributed by atoms with Gasteiger partial charge in [-0.05, 0) is 31.5 Å². The van der Waals surface area contributed by atoms with Crippen molar-refractivity contribution in [3.8, 4) is 11.5 Å². The van der Waals surface area contributed by atoms with E-state index < -0.39 is 0 Å². The van der Waals surface area contributed by atoms with Crippen LogP contribution in [-0.4, -0.2) is 57.5 Å². The minimum Gasteiger partial charge on any atom is -0.490 e. The molecule has 1 aliphatic rings. The third-order valence-corrected chi connectivity index (χ3v) is 3.98. The smallest absolute Gasteiger partial charge is 0.179 e. The standard InChI is InChI=1S/C17H27ClN2O3/c1-3-22-16-12-14(11-15(18)17(16)23-4-2)13-19-5-6-20-7-9-21-10-8-20/h11-12,19H,3-10,13H2,1-2H3. The van der Waals surface area contributed by atoms with E-state index in [1.54, 1.807) is 0 Å². The third-order valence-electron chi connectivity index (χ3n) is 3.70. The minimum atomic E-state index is 0.566. The molecular formula is C17H27ClN2O3. The molecule has 1 heterocycles. The first-order valence-electron chi connectivity index (χ1n) is 8.33. The van der Waals surface area contributed by atoms with Crippen LogP contribution in [0.15, 0.2) is 12.1 Å². The fourth-order valence-electron chi connectivity index (χ4n) is 2.57. The van der Waals surface area contributed by atoms with Crippen LogP contribution in [0.2, 0.25) is 5.02 Å². The number of nitrogens with one attached hydrogen (secondary N) is 1. The molecule has 2 rings (SSSR count). The fraction of sp³-hybridized carbons (Fsp3) is 0.647. The largest absolute Gasteiger partial charge is 0.490 e. The number of benzene rings is 1. The summed E-state index contributed by atoms with van der Waals surface area (Å²) in [7, 11) is 0. The Morgan fingerprint density at radius 1 is 1.17 bits per heavy atom. The Balaban J connectivity index is 1.86. The number of morpholine rings is 1. The van der Waals surface area contributed by atoms with Crippen LogP contribution >= 0.6 is 11.6 Å². The van der Waals surface area contributed by atoms with Crippen molar-refractivity contribution in [3.63, 3.8) is 0 Å². The van der Waals surface area contributed by atoms with E-state index in [-0.39, 0.29) is 0 Å². The van der Waals surface area contributed by atoms with Crippen LogP contribution in [0.5, 0.6) is 11.5 Å². The van der Waals surface area contributed by atoms with Gasteiger partial charge in [-0.25, -0.2) is 0 Å². The molecule has 1 saturated heterocycles. The monoisotopic (exact) mass is 342 g/mol. The molecule has 0 spiro atoms. The van der Waals surface area contributed by atoms with E-state index in [2.05, 4.69) is 10.2 Å². The first-order valence-corrected chi connectivity index (χ1v) is 8.71. The van der Waals surface area contributed by atoms with E-state index in [9.17, 15) is 0 Å². The van der Waals surface area contributed by atoms with Gasteiger partial charge in [0.1, 0.15) is 0 Å². The van der Waals surface area contributed by atoms with Crippen molar-refractivity contribution in [1.29, 1.82) is 0 Å². The van der Waals surface area contributed by atoms with Gasteiger partial charge in [0.05, 0.1) is 31.5 Å². The lowest BCUT2D eigenvalue weighted by atomic mass is 10.2. The number of ether oxygens (including phenoxy) is 3. The second-order valence-electron chi connectivity index (χ2n) is 5.40. The summed E-state index contributed by atoms with van der Waals surface area (Å²) in [6.45, 7) is 11.5. The molecule has 1 aromatic carbocycles. The van der Waals surface area contributed by atoms with Gasteiger partial charge in [0.2, 0.25) is 0 Å². The van der Waals surface area contributed by atoms with Gasteiger partial charge < -0.3 is 19.5 Å². The van der Waals surface area contributed by atoms with Gasteiger partial charge in [-0.2, -0.15) is 0 Å². The summed E-state index contributed by atoms with van der Waals surface area (Å²) in [5.74, 6) is 1.35. The fourth-order valence-corrected chi connectivity index (χ4v) is 2.85. The molecule has 5 nitrogen and oxygen atoms in total. The van der Waals surface area contributed by atoms with Crippen LogP contribution in [0, 0.1) is 0 Å². The molecule has 1 fully saturated rings. The molecule has 0 saturated carbocycles. The highest BCUT2D eigenvalue weighted by molar-refractivity contribution is 6.32. The zero-order valence-electron chi connectivity index (χ0n) is 14.1. The van der Waals surface area contributed by atoms with E-state index in [1.165, 1.54) is 0 Å². The number of nitrogens with zero attached hydrogens (tertiary/aromatic N) is 1. The van der Waals surface area contributed by atoms with Crippen LogP contribution in [0.4, 0.5) is 0 Å². The summed E-state index contributed by atoms with van der Waals surface area (Å²) in [6.07, 6.45) is 0. The van der Waals surface area contributed by atoms with E-state index in [0.717, 1.165) is 51.5 Å². The molecule has 0 aliphatic carbocycles. The Hall–Kier alpha value is -1.01. The zero-order chi connectivity index (χ0) is 16.5. The maximum atomic E-state index is 6.33. The highest BCUT2D eigenvalue weighted by Crippen LogP contribution is 2.36. The number of hydrogen-bond donors (Lipinski definition) is 1.